The van der Waals surface area contributed by atoms with Crippen molar-refractivity contribution in [1.29, 1.82) is 0 Å². The zero-order valence-corrected chi connectivity index (χ0v) is 19.9. The molecule has 0 saturated carbocycles. The Bertz CT molecular complexity index is 890. The first-order chi connectivity index (χ1) is 16.0. The van der Waals surface area contributed by atoms with E-state index in [9.17, 15) is 9.59 Å². The van der Waals surface area contributed by atoms with Crippen LogP contribution in [0.1, 0.15) is 62.7 Å². The Kier molecular flexibility index (Phi) is 9.60. The first-order valence-electron chi connectivity index (χ1n) is 12.2. The van der Waals surface area contributed by atoms with Crippen LogP contribution in [-0.2, 0) is 4.79 Å². The molecule has 0 unspecified atom stereocenters. The lowest BCUT2D eigenvalue weighted by atomic mass is 9.98. The molecule has 1 heterocycles. The molecule has 0 bridgehead atoms. The highest BCUT2D eigenvalue weighted by Crippen LogP contribution is 2.20. The van der Waals surface area contributed by atoms with Crippen LogP contribution in [0.25, 0.3) is 0 Å². The first-order valence-corrected chi connectivity index (χ1v) is 12.2. The molecule has 2 amide bonds. The lowest BCUT2D eigenvalue weighted by molar-refractivity contribution is -0.114. The SMILES string of the molecule is CCCCCCOc1ccc(NCC(=O)Nc2cccc(C(=O)N3CCC(C)CC3)c2)cc1. The second kappa shape index (κ2) is 12.9. The van der Waals surface area contributed by atoms with Gasteiger partial charge in [0.2, 0.25) is 5.91 Å². The van der Waals surface area contributed by atoms with Gasteiger partial charge in [-0.3, -0.25) is 9.59 Å². The molecule has 2 N–H and O–H groups in total. The van der Waals surface area contributed by atoms with Crippen molar-refractivity contribution in [3.8, 4) is 5.75 Å². The third kappa shape index (κ3) is 8.12. The zero-order chi connectivity index (χ0) is 23.5. The van der Waals surface area contributed by atoms with E-state index in [1.54, 1.807) is 12.1 Å². The number of benzene rings is 2. The highest BCUT2D eigenvalue weighted by molar-refractivity contribution is 5.98. The maximum absolute atomic E-state index is 12.8. The van der Waals surface area contributed by atoms with Gasteiger partial charge in [-0.25, -0.2) is 0 Å². The smallest absolute Gasteiger partial charge is 0.253 e. The van der Waals surface area contributed by atoms with Gasteiger partial charge in [0.1, 0.15) is 5.75 Å². The minimum Gasteiger partial charge on any atom is -0.494 e. The lowest BCUT2D eigenvalue weighted by Crippen LogP contribution is -2.37. The van der Waals surface area contributed by atoms with Gasteiger partial charge >= 0.3 is 0 Å². The Hall–Kier alpha value is -3.02. The summed E-state index contributed by atoms with van der Waals surface area (Å²) in [7, 11) is 0. The summed E-state index contributed by atoms with van der Waals surface area (Å²) in [6.07, 6.45) is 6.81. The molecule has 0 spiro atoms. The summed E-state index contributed by atoms with van der Waals surface area (Å²) in [5, 5.41) is 6.00. The van der Waals surface area contributed by atoms with Gasteiger partial charge in [0, 0.05) is 30.0 Å². The van der Waals surface area contributed by atoms with Gasteiger partial charge in [-0.1, -0.05) is 39.2 Å². The monoisotopic (exact) mass is 451 g/mol. The van der Waals surface area contributed by atoms with Crippen LogP contribution < -0.4 is 15.4 Å². The number of hydrogen-bond donors (Lipinski definition) is 2. The van der Waals surface area contributed by atoms with Crippen LogP contribution in [-0.4, -0.2) is 43.0 Å². The number of amides is 2. The topological polar surface area (TPSA) is 70.7 Å². The molecule has 0 atom stereocenters. The molecule has 6 heteroatoms. The van der Waals surface area contributed by atoms with Crippen molar-refractivity contribution in [2.45, 2.75) is 52.4 Å². The molecule has 1 aliphatic rings. The van der Waals surface area contributed by atoms with E-state index in [1.165, 1.54) is 19.3 Å². The quantitative estimate of drug-likeness (QED) is 0.438. The van der Waals surface area contributed by atoms with Crippen LogP contribution in [0, 0.1) is 5.92 Å². The predicted octanol–water partition coefficient (Wildman–Crippen LogP) is 5.57. The molecule has 0 aliphatic carbocycles. The fraction of sp³-hybridized carbons (Fsp3) is 0.481. The van der Waals surface area contributed by atoms with Gasteiger partial charge in [0.25, 0.3) is 5.91 Å². The molecule has 2 aromatic carbocycles. The largest absolute Gasteiger partial charge is 0.494 e. The summed E-state index contributed by atoms with van der Waals surface area (Å²) in [6.45, 7) is 6.88. The Morgan fingerprint density at radius 2 is 1.76 bits per heavy atom. The molecule has 1 aliphatic heterocycles. The highest BCUT2D eigenvalue weighted by Gasteiger charge is 2.21. The average Bonchev–Trinajstić information content (AvgIpc) is 2.83. The van der Waals surface area contributed by atoms with Crippen LogP contribution in [0.2, 0.25) is 0 Å². The minimum atomic E-state index is -0.164. The number of piperidine rings is 1. The predicted molar refractivity (Wildman–Crippen MR) is 134 cm³/mol. The van der Waals surface area contributed by atoms with Gasteiger partial charge in [-0.05, 0) is 67.6 Å². The number of ether oxygens (including phenoxy) is 1. The number of unbranched alkanes of at least 4 members (excludes halogenated alkanes) is 3. The van der Waals surface area contributed by atoms with Gasteiger partial charge < -0.3 is 20.3 Å². The molecular formula is C27H37N3O3. The number of anilines is 2. The first kappa shape index (κ1) is 24.6. The number of nitrogens with zero attached hydrogens (tertiary/aromatic N) is 1. The van der Waals surface area contributed by atoms with Crippen molar-refractivity contribution in [2.24, 2.45) is 5.92 Å². The van der Waals surface area contributed by atoms with Crippen molar-refractivity contribution in [2.75, 3.05) is 36.9 Å². The van der Waals surface area contributed by atoms with Crippen molar-refractivity contribution < 1.29 is 14.3 Å². The molecule has 0 aromatic heterocycles. The van der Waals surface area contributed by atoms with Crippen molar-refractivity contribution in [3.05, 3.63) is 54.1 Å². The second-order valence-electron chi connectivity index (χ2n) is 8.89. The van der Waals surface area contributed by atoms with Crippen LogP contribution in [0.5, 0.6) is 5.75 Å². The molecule has 1 saturated heterocycles. The summed E-state index contributed by atoms with van der Waals surface area (Å²) >= 11 is 0. The molecule has 6 nitrogen and oxygen atoms in total. The summed E-state index contributed by atoms with van der Waals surface area (Å²) in [6, 6.07) is 14.8. The Balaban J connectivity index is 1.43. The number of rotatable bonds is 11. The maximum atomic E-state index is 12.8. The molecule has 178 valence electrons. The molecule has 0 radical (unpaired) electrons. The zero-order valence-electron chi connectivity index (χ0n) is 19.9. The Labute approximate surface area is 197 Å². The summed E-state index contributed by atoms with van der Waals surface area (Å²) in [4.78, 5) is 27.1. The van der Waals surface area contributed by atoms with Gasteiger partial charge in [-0.2, -0.15) is 0 Å². The number of hydrogen-bond acceptors (Lipinski definition) is 4. The maximum Gasteiger partial charge on any atom is 0.253 e. The number of nitrogens with one attached hydrogen (secondary N) is 2. The van der Waals surface area contributed by atoms with Crippen molar-refractivity contribution in [1.82, 2.24) is 4.90 Å². The highest BCUT2D eigenvalue weighted by atomic mass is 16.5. The fourth-order valence-electron chi connectivity index (χ4n) is 3.90. The molecule has 1 fully saturated rings. The summed E-state index contributed by atoms with van der Waals surface area (Å²) in [5.41, 5.74) is 2.09. The number of carbonyl (C=O) groups is 2. The van der Waals surface area contributed by atoms with E-state index in [2.05, 4.69) is 24.5 Å². The number of likely N-dealkylation sites (tertiary alicyclic amines) is 1. The van der Waals surface area contributed by atoms with E-state index in [0.29, 0.717) is 17.2 Å². The lowest BCUT2D eigenvalue weighted by Gasteiger charge is -2.30. The minimum absolute atomic E-state index is 0.0313. The van der Waals surface area contributed by atoms with Crippen LogP contribution in [0.15, 0.2) is 48.5 Å². The summed E-state index contributed by atoms with van der Waals surface area (Å²) in [5.74, 6) is 1.38. The van der Waals surface area contributed by atoms with E-state index in [1.807, 2.05) is 41.3 Å². The van der Waals surface area contributed by atoms with E-state index in [0.717, 1.165) is 50.4 Å². The third-order valence-corrected chi connectivity index (χ3v) is 6.04. The molecular weight excluding hydrogens is 414 g/mol. The molecule has 33 heavy (non-hydrogen) atoms. The van der Waals surface area contributed by atoms with Gasteiger partial charge in [0.05, 0.1) is 13.2 Å². The van der Waals surface area contributed by atoms with Crippen LogP contribution >= 0.6 is 0 Å². The van der Waals surface area contributed by atoms with Crippen molar-refractivity contribution >= 4 is 23.2 Å². The Morgan fingerprint density at radius 3 is 2.48 bits per heavy atom. The van der Waals surface area contributed by atoms with Gasteiger partial charge in [0.15, 0.2) is 0 Å². The van der Waals surface area contributed by atoms with Crippen LogP contribution in [0.4, 0.5) is 11.4 Å². The van der Waals surface area contributed by atoms with E-state index >= 15 is 0 Å². The van der Waals surface area contributed by atoms with E-state index in [-0.39, 0.29) is 18.4 Å². The normalized spacial score (nSPS) is 14.1. The number of carbonyl (C=O) groups excluding carboxylic acids is 2. The Morgan fingerprint density at radius 1 is 1.00 bits per heavy atom. The molecule has 3 rings (SSSR count). The van der Waals surface area contributed by atoms with Crippen LogP contribution in [0.3, 0.4) is 0 Å². The fourth-order valence-corrected chi connectivity index (χ4v) is 3.90. The summed E-state index contributed by atoms with van der Waals surface area (Å²) < 4.78 is 5.75. The standard InChI is InChI=1S/C27H37N3O3/c1-3-4-5-6-18-33-25-12-10-23(11-13-25)28-20-26(31)29-24-9-7-8-22(19-24)27(32)30-16-14-21(2)15-17-30/h7-13,19,21,28H,3-6,14-18,20H2,1-2H3,(H,29,31). The van der Waals surface area contributed by atoms with E-state index < -0.39 is 0 Å². The van der Waals surface area contributed by atoms with E-state index in [4.69, 9.17) is 4.74 Å². The average molecular weight is 452 g/mol. The molecule has 2 aromatic rings. The van der Waals surface area contributed by atoms with Gasteiger partial charge in [-0.15, -0.1) is 0 Å². The third-order valence-electron chi connectivity index (χ3n) is 6.04. The van der Waals surface area contributed by atoms with Crippen molar-refractivity contribution in [3.63, 3.8) is 0 Å². The second-order valence-corrected chi connectivity index (χ2v) is 8.89.